The Morgan fingerprint density at radius 3 is 1.16 bits per heavy atom. The van der Waals surface area contributed by atoms with Gasteiger partial charge in [-0.3, -0.25) is 0 Å². The smallest absolute Gasteiger partial charge is 0.159 e. The van der Waals surface area contributed by atoms with Crippen LogP contribution in [0, 0.1) is 0 Å². The van der Waals surface area contributed by atoms with Gasteiger partial charge in [-0.25, -0.2) is 0 Å². The number of benzene rings is 10. The van der Waals surface area contributed by atoms with Crippen molar-refractivity contribution in [1.29, 1.82) is 0 Å². The molecule has 0 amide bonds. The van der Waals surface area contributed by atoms with Gasteiger partial charge in [0.05, 0.1) is 22.7 Å². The van der Waals surface area contributed by atoms with Crippen LogP contribution in [0.1, 0.15) is 52.7 Å². The standard InChI is InChI=1S/C64H50N2O3/c1-63(2,3)50-33-17-29-45-47-31-19-35-52(61(47)68-59(45)50)65(39-21-9-7-10-22-39)54-37-49-57-43-27-15-13-25-41(43)55(38-56(57)67-58(49)44-28-16-14-26-42(44)54)66(40-23-11-8-12-24-40)53-36-20-32-48-46-30-18-34-51(64(4,5)6)60(46)69-62(48)53/h7-38H,1-6H3. The van der Waals surface area contributed by atoms with Crippen LogP contribution >= 0.6 is 0 Å². The lowest BCUT2D eigenvalue weighted by Crippen LogP contribution is -2.11. The Kier molecular flexibility index (Phi) is 8.97. The largest absolute Gasteiger partial charge is 0.455 e. The maximum atomic E-state index is 7.24. The van der Waals surface area contributed by atoms with Crippen LogP contribution in [-0.2, 0) is 10.8 Å². The third-order valence-corrected chi connectivity index (χ3v) is 14.1. The van der Waals surface area contributed by atoms with Crippen molar-refractivity contribution in [2.24, 2.45) is 0 Å². The molecule has 0 aliphatic heterocycles. The first-order valence-electron chi connectivity index (χ1n) is 23.9. The zero-order valence-electron chi connectivity index (χ0n) is 39.6. The third kappa shape index (κ3) is 6.30. The molecular formula is C64H50N2O3. The Labute approximate surface area is 400 Å². The average molecular weight is 895 g/mol. The van der Waals surface area contributed by atoms with E-state index in [4.69, 9.17) is 13.3 Å². The van der Waals surface area contributed by atoms with E-state index in [0.29, 0.717) is 0 Å². The molecule has 0 aliphatic rings. The summed E-state index contributed by atoms with van der Waals surface area (Å²) < 4.78 is 21.4. The van der Waals surface area contributed by atoms with Crippen molar-refractivity contribution in [3.8, 4) is 0 Å². The number of anilines is 6. The molecular weight excluding hydrogens is 845 g/mol. The monoisotopic (exact) mass is 894 g/mol. The molecule has 0 atom stereocenters. The number of nitrogens with zero attached hydrogens (tertiary/aromatic N) is 2. The first-order chi connectivity index (χ1) is 33.5. The highest BCUT2D eigenvalue weighted by Gasteiger charge is 2.29. The minimum absolute atomic E-state index is 0.103. The molecule has 0 saturated carbocycles. The summed E-state index contributed by atoms with van der Waals surface area (Å²) in [5, 5.41) is 10.8. The van der Waals surface area contributed by atoms with E-state index in [2.05, 4.69) is 245 Å². The second-order valence-corrected chi connectivity index (χ2v) is 20.5. The van der Waals surface area contributed by atoms with Crippen LogP contribution in [0.3, 0.4) is 0 Å². The summed E-state index contributed by atoms with van der Waals surface area (Å²) in [6.45, 7) is 13.5. The summed E-state index contributed by atoms with van der Waals surface area (Å²) >= 11 is 0. The summed E-state index contributed by atoms with van der Waals surface area (Å²) in [6.07, 6.45) is 0. The SMILES string of the molecule is CC(C)(C)c1cccc2c1oc1c(N(c3ccccc3)c3cc4c(oc5cc(N(c6ccccc6)c6cccc7c6oc6c(C(C)(C)C)cccc67)c6ccccc6c54)c4ccccc34)cccc12. The van der Waals surface area contributed by atoms with Gasteiger partial charge < -0.3 is 23.1 Å². The quantitative estimate of drug-likeness (QED) is 0.166. The lowest BCUT2D eigenvalue weighted by atomic mass is 9.86. The fourth-order valence-corrected chi connectivity index (χ4v) is 10.9. The molecule has 69 heavy (non-hydrogen) atoms. The molecule has 13 rings (SSSR count). The Bertz CT molecular complexity index is 4160. The second-order valence-electron chi connectivity index (χ2n) is 20.5. The van der Waals surface area contributed by atoms with E-state index in [-0.39, 0.29) is 10.8 Å². The Morgan fingerprint density at radius 2 is 0.667 bits per heavy atom. The molecule has 334 valence electrons. The second kappa shape index (κ2) is 15.1. The van der Waals surface area contributed by atoms with E-state index in [0.717, 1.165) is 121 Å². The molecule has 0 radical (unpaired) electrons. The van der Waals surface area contributed by atoms with Crippen LogP contribution in [0.5, 0.6) is 0 Å². The highest BCUT2D eigenvalue weighted by Crippen LogP contribution is 2.52. The molecule has 3 heterocycles. The van der Waals surface area contributed by atoms with Crippen LogP contribution in [0.4, 0.5) is 34.1 Å². The highest BCUT2D eigenvalue weighted by molar-refractivity contribution is 6.28. The predicted octanol–water partition coefficient (Wildman–Crippen LogP) is 19.2. The van der Waals surface area contributed by atoms with Crippen molar-refractivity contribution in [3.05, 3.63) is 205 Å². The lowest BCUT2D eigenvalue weighted by Gasteiger charge is -2.27. The Hall–Kier alpha value is -8.28. The van der Waals surface area contributed by atoms with Gasteiger partial charge in [0.1, 0.15) is 22.3 Å². The van der Waals surface area contributed by atoms with Crippen molar-refractivity contribution in [3.63, 3.8) is 0 Å². The van der Waals surface area contributed by atoms with Crippen LogP contribution in [0.2, 0.25) is 0 Å². The lowest BCUT2D eigenvalue weighted by molar-refractivity contribution is 0.572. The number of fused-ring (bicyclic) bond motifs is 13. The molecule has 0 aliphatic carbocycles. The van der Waals surface area contributed by atoms with Gasteiger partial charge in [0.2, 0.25) is 0 Å². The highest BCUT2D eigenvalue weighted by atomic mass is 16.3. The molecule has 0 spiro atoms. The van der Waals surface area contributed by atoms with Crippen molar-refractivity contribution in [1.82, 2.24) is 0 Å². The molecule has 0 saturated heterocycles. The number of para-hydroxylation sites is 6. The summed E-state index contributed by atoms with van der Waals surface area (Å²) in [5.74, 6) is 0. The van der Waals surface area contributed by atoms with E-state index >= 15 is 0 Å². The maximum Gasteiger partial charge on any atom is 0.159 e. The van der Waals surface area contributed by atoms with E-state index < -0.39 is 0 Å². The Balaban J connectivity index is 1.09. The van der Waals surface area contributed by atoms with E-state index in [1.54, 1.807) is 0 Å². The first kappa shape index (κ1) is 41.0. The van der Waals surface area contributed by atoms with E-state index in [9.17, 15) is 0 Å². The van der Waals surface area contributed by atoms with Crippen molar-refractivity contribution in [2.45, 2.75) is 52.4 Å². The number of rotatable bonds is 6. The minimum Gasteiger partial charge on any atom is -0.455 e. The van der Waals surface area contributed by atoms with Gasteiger partial charge in [0, 0.05) is 77.0 Å². The zero-order chi connectivity index (χ0) is 46.8. The summed E-state index contributed by atoms with van der Waals surface area (Å²) in [6, 6.07) is 69.3. The van der Waals surface area contributed by atoms with Gasteiger partial charge in [0.25, 0.3) is 0 Å². The van der Waals surface area contributed by atoms with Gasteiger partial charge in [-0.15, -0.1) is 0 Å². The first-order valence-corrected chi connectivity index (χ1v) is 23.9. The number of hydrogen-bond acceptors (Lipinski definition) is 5. The minimum atomic E-state index is -0.103. The average Bonchev–Trinajstić information content (AvgIpc) is 4.07. The molecule has 13 aromatic rings. The third-order valence-electron chi connectivity index (χ3n) is 14.1. The summed E-state index contributed by atoms with van der Waals surface area (Å²) in [7, 11) is 0. The molecule has 0 N–H and O–H groups in total. The molecule has 3 aromatic heterocycles. The van der Waals surface area contributed by atoms with E-state index in [1.165, 1.54) is 11.1 Å². The summed E-state index contributed by atoms with van der Waals surface area (Å²) in [5.41, 5.74) is 13.3. The molecule has 5 heteroatoms. The van der Waals surface area contributed by atoms with Crippen molar-refractivity contribution >= 4 is 121 Å². The van der Waals surface area contributed by atoms with Gasteiger partial charge in [-0.2, -0.15) is 0 Å². The summed E-state index contributed by atoms with van der Waals surface area (Å²) in [4.78, 5) is 4.71. The Morgan fingerprint density at radius 1 is 0.290 bits per heavy atom. The topological polar surface area (TPSA) is 45.9 Å². The fourth-order valence-electron chi connectivity index (χ4n) is 10.9. The fraction of sp³-hybridized carbons (Fsp3) is 0.125. The molecule has 0 fully saturated rings. The zero-order valence-corrected chi connectivity index (χ0v) is 39.6. The van der Waals surface area contributed by atoms with E-state index in [1.807, 2.05) is 0 Å². The predicted molar refractivity (Wildman–Crippen MR) is 290 cm³/mol. The normalized spacial score (nSPS) is 12.5. The van der Waals surface area contributed by atoms with Gasteiger partial charge in [0.15, 0.2) is 11.2 Å². The van der Waals surface area contributed by atoms with Crippen LogP contribution in [-0.4, -0.2) is 0 Å². The molecule has 0 unspecified atom stereocenters. The molecule has 5 nitrogen and oxygen atoms in total. The molecule has 0 bridgehead atoms. The van der Waals surface area contributed by atoms with Crippen molar-refractivity contribution < 1.29 is 13.3 Å². The van der Waals surface area contributed by atoms with Gasteiger partial charge in [-0.1, -0.05) is 187 Å². The number of hydrogen-bond donors (Lipinski definition) is 0. The number of furan rings is 3. The molecule has 10 aromatic carbocycles. The van der Waals surface area contributed by atoms with Gasteiger partial charge >= 0.3 is 0 Å². The van der Waals surface area contributed by atoms with Crippen LogP contribution < -0.4 is 9.80 Å². The van der Waals surface area contributed by atoms with Crippen LogP contribution in [0.25, 0.3) is 87.4 Å². The maximum absolute atomic E-state index is 7.24. The van der Waals surface area contributed by atoms with Crippen molar-refractivity contribution in [2.75, 3.05) is 9.80 Å². The van der Waals surface area contributed by atoms with Gasteiger partial charge in [-0.05, 0) is 58.7 Å². The van der Waals surface area contributed by atoms with Crippen LogP contribution in [0.15, 0.2) is 207 Å².